The fourth-order valence-corrected chi connectivity index (χ4v) is 1.76. The summed E-state index contributed by atoms with van der Waals surface area (Å²) in [6.45, 7) is 0.0805. The van der Waals surface area contributed by atoms with Crippen LogP contribution in [0.15, 0.2) is 40.4 Å². The van der Waals surface area contributed by atoms with E-state index in [1.54, 1.807) is 6.07 Å². The van der Waals surface area contributed by atoms with E-state index in [4.69, 9.17) is 5.53 Å². The molecule has 0 amide bonds. The Labute approximate surface area is 92.1 Å². The van der Waals surface area contributed by atoms with Gasteiger partial charge in [0.25, 0.3) is 0 Å². The van der Waals surface area contributed by atoms with Crippen LogP contribution in [0.3, 0.4) is 0 Å². The van der Waals surface area contributed by atoms with E-state index in [1.165, 1.54) is 30.4 Å². The van der Waals surface area contributed by atoms with Crippen molar-refractivity contribution in [2.75, 3.05) is 6.54 Å². The molecule has 16 heavy (non-hydrogen) atoms. The summed E-state index contributed by atoms with van der Waals surface area (Å²) in [6, 6.07) is 5.64. The van der Waals surface area contributed by atoms with Gasteiger partial charge >= 0.3 is 10.2 Å². The molecular weight excluding hydrogens is 233 g/mol. The Bertz CT molecular complexity index is 548. The summed E-state index contributed by atoms with van der Waals surface area (Å²) in [6.07, 6.45) is 2.84. The predicted molar refractivity (Wildman–Crippen MR) is 57.8 cm³/mol. The van der Waals surface area contributed by atoms with Crippen molar-refractivity contribution in [1.82, 2.24) is 0 Å². The van der Waals surface area contributed by atoms with Gasteiger partial charge in [-0.1, -0.05) is 35.5 Å². The van der Waals surface area contributed by atoms with Crippen LogP contribution in [0.1, 0.15) is 5.56 Å². The minimum absolute atomic E-state index is 0.0805. The molecule has 0 spiro atoms. The molecule has 1 rings (SSSR count). The molecule has 7 heteroatoms. The Hall–Kier alpha value is -1.85. The second-order valence-corrected chi connectivity index (χ2v) is 4.11. The lowest BCUT2D eigenvalue weighted by Gasteiger charge is -1.99. The van der Waals surface area contributed by atoms with E-state index >= 15 is 0 Å². The van der Waals surface area contributed by atoms with E-state index in [1.807, 2.05) is 0 Å². The molecule has 0 fully saturated rings. The largest absolute Gasteiger partial charge is 0.332 e. The summed E-state index contributed by atoms with van der Waals surface area (Å²) < 4.78 is 34.3. The number of hydrogen-bond donors (Lipinski definition) is 0. The van der Waals surface area contributed by atoms with Crippen molar-refractivity contribution in [3.05, 3.63) is 46.3 Å². The van der Waals surface area contributed by atoms with Gasteiger partial charge in [0, 0.05) is 11.5 Å². The quantitative estimate of drug-likeness (QED) is 0.351. The first kappa shape index (κ1) is 12.2. The van der Waals surface area contributed by atoms with Crippen molar-refractivity contribution >= 4 is 16.3 Å². The zero-order valence-corrected chi connectivity index (χ0v) is 8.93. The van der Waals surface area contributed by atoms with E-state index in [9.17, 15) is 12.3 Å². The van der Waals surface area contributed by atoms with Gasteiger partial charge in [-0.15, -0.1) is 3.89 Å². The second-order valence-electron chi connectivity index (χ2n) is 2.79. The van der Waals surface area contributed by atoms with Crippen molar-refractivity contribution in [2.24, 2.45) is 5.11 Å². The second kappa shape index (κ2) is 5.29. The van der Waals surface area contributed by atoms with Crippen LogP contribution in [-0.2, 0) is 10.2 Å². The highest BCUT2D eigenvalue weighted by Crippen LogP contribution is 2.18. The molecule has 5 nitrogen and oxygen atoms in total. The maximum atomic E-state index is 12.8. The molecule has 0 unspecified atom stereocenters. The minimum Gasteiger partial charge on any atom is -0.189 e. The number of halogens is 1. The lowest BCUT2D eigenvalue weighted by atomic mass is 10.2. The standard InChI is InChI=1S/C9H8FN3O2S/c10-16(14,15)9-6-2-1-4-8(9)5-3-7-12-13-11/h1-6H,7H2. The molecule has 0 heterocycles. The third kappa shape index (κ3) is 3.38. The van der Waals surface area contributed by atoms with Crippen LogP contribution in [0.2, 0.25) is 0 Å². The SMILES string of the molecule is [N-]=[N+]=NCC=Cc1ccccc1S(=O)(=O)F. The summed E-state index contributed by atoms with van der Waals surface area (Å²) in [5, 5.41) is 3.23. The van der Waals surface area contributed by atoms with Crippen molar-refractivity contribution in [1.29, 1.82) is 0 Å². The Morgan fingerprint density at radius 2 is 2.12 bits per heavy atom. The number of hydrogen-bond acceptors (Lipinski definition) is 3. The highest BCUT2D eigenvalue weighted by atomic mass is 32.3. The molecule has 0 N–H and O–H groups in total. The van der Waals surface area contributed by atoms with Crippen LogP contribution in [0, 0.1) is 0 Å². The zero-order valence-electron chi connectivity index (χ0n) is 8.12. The monoisotopic (exact) mass is 241 g/mol. The van der Waals surface area contributed by atoms with Gasteiger partial charge in [0.05, 0.1) is 0 Å². The molecule has 0 aromatic heterocycles. The Kier molecular flexibility index (Phi) is 4.04. The van der Waals surface area contributed by atoms with Gasteiger partial charge in [-0.05, 0) is 17.2 Å². The molecular formula is C9H8FN3O2S. The van der Waals surface area contributed by atoms with E-state index in [2.05, 4.69) is 10.0 Å². The molecule has 1 aromatic carbocycles. The normalized spacial score (nSPS) is 11.3. The zero-order chi connectivity index (χ0) is 12.0. The summed E-state index contributed by atoms with van der Waals surface area (Å²) in [4.78, 5) is 2.12. The molecule has 0 bridgehead atoms. The first-order valence-corrected chi connectivity index (χ1v) is 5.65. The first-order valence-electron chi connectivity index (χ1n) is 4.27. The Balaban J connectivity index is 3.05. The van der Waals surface area contributed by atoms with E-state index in [0.717, 1.165) is 0 Å². The lowest BCUT2D eigenvalue weighted by molar-refractivity contribution is 0.552. The summed E-state index contributed by atoms with van der Waals surface area (Å²) in [5.41, 5.74) is 8.24. The lowest BCUT2D eigenvalue weighted by Crippen LogP contribution is -1.94. The maximum Gasteiger partial charge on any atom is 0.332 e. The van der Waals surface area contributed by atoms with Crippen molar-refractivity contribution in [3.8, 4) is 0 Å². The third-order valence-corrected chi connectivity index (χ3v) is 2.63. The summed E-state index contributed by atoms with van der Waals surface area (Å²) in [5.74, 6) is 0. The van der Waals surface area contributed by atoms with Gasteiger partial charge in [-0.2, -0.15) is 8.42 Å². The highest BCUT2D eigenvalue weighted by Gasteiger charge is 2.14. The third-order valence-electron chi connectivity index (χ3n) is 1.73. The number of azide groups is 1. The fourth-order valence-electron chi connectivity index (χ4n) is 1.10. The fraction of sp³-hybridized carbons (Fsp3) is 0.111. The molecule has 0 saturated heterocycles. The smallest absolute Gasteiger partial charge is 0.189 e. The predicted octanol–water partition coefficient (Wildman–Crippen LogP) is 2.67. The Morgan fingerprint density at radius 1 is 1.44 bits per heavy atom. The average molecular weight is 241 g/mol. The number of rotatable bonds is 4. The summed E-state index contributed by atoms with van der Waals surface area (Å²) in [7, 11) is -4.73. The molecule has 0 aliphatic heterocycles. The van der Waals surface area contributed by atoms with Gasteiger partial charge in [0.1, 0.15) is 4.90 Å². The van der Waals surface area contributed by atoms with Crippen LogP contribution < -0.4 is 0 Å². The molecule has 0 saturated carbocycles. The van der Waals surface area contributed by atoms with Gasteiger partial charge in [0.2, 0.25) is 0 Å². The van der Waals surface area contributed by atoms with Gasteiger partial charge < -0.3 is 0 Å². The molecule has 0 radical (unpaired) electrons. The van der Waals surface area contributed by atoms with Crippen molar-refractivity contribution in [3.63, 3.8) is 0 Å². The minimum atomic E-state index is -4.73. The molecule has 1 aromatic rings. The molecule has 0 aliphatic carbocycles. The van der Waals surface area contributed by atoms with E-state index in [-0.39, 0.29) is 12.1 Å². The van der Waals surface area contributed by atoms with Crippen LogP contribution >= 0.6 is 0 Å². The average Bonchev–Trinajstić information content (AvgIpc) is 2.24. The van der Waals surface area contributed by atoms with E-state index in [0.29, 0.717) is 0 Å². The van der Waals surface area contributed by atoms with Crippen molar-refractivity contribution < 1.29 is 12.3 Å². The van der Waals surface area contributed by atoms with Crippen LogP contribution in [-0.4, -0.2) is 15.0 Å². The Morgan fingerprint density at radius 3 is 2.75 bits per heavy atom. The van der Waals surface area contributed by atoms with Gasteiger partial charge in [0.15, 0.2) is 0 Å². The molecule has 0 aliphatic rings. The van der Waals surface area contributed by atoms with E-state index < -0.39 is 15.1 Å². The molecule has 0 atom stereocenters. The van der Waals surface area contributed by atoms with Crippen LogP contribution in [0.25, 0.3) is 16.5 Å². The number of benzene rings is 1. The van der Waals surface area contributed by atoms with Crippen molar-refractivity contribution in [2.45, 2.75) is 4.90 Å². The van der Waals surface area contributed by atoms with Gasteiger partial charge in [-0.25, -0.2) is 0 Å². The molecule has 84 valence electrons. The number of nitrogens with zero attached hydrogens (tertiary/aromatic N) is 3. The topological polar surface area (TPSA) is 82.9 Å². The van der Waals surface area contributed by atoms with Gasteiger partial charge in [-0.3, -0.25) is 0 Å². The highest BCUT2D eigenvalue weighted by molar-refractivity contribution is 7.86. The summed E-state index contributed by atoms with van der Waals surface area (Å²) >= 11 is 0. The maximum absolute atomic E-state index is 12.8. The van der Waals surface area contributed by atoms with Crippen LogP contribution in [0.5, 0.6) is 0 Å². The first-order chi connectivity index (χ1) is 7.55. The van der Waals surface area contributed by atoms with Crippen LogP contribution in [0.4, 0.5) is 3.89 Å².